The van der Waals surface area contributed by atoms with Crippen LogP contribution in [0, 0.1) is 0 Å². The molecule has 0 radical (unpaired) electrons. The first-order valence-corrected chi connectivity index (χ1v) is 30.4. The predicted octanol–water partition coefficient (Wildman–Crippen LogP) is 20.3. The monoisotopic (exact) mass is 957 g/mol. The molecule has 0 aliphatic heterocycles. The van der Waals surface area contributed by atoms with Gasteiger partial charge in [0.1, 0.15) is 13.2 Å². The lowest BCUT2D eigenvalue weighted by Crippen LogP contribution is -2.30. The number of ether oxygens (including phenoxy) is 3. The Bertz CT molecular complexity index is 1100. The van der Waals surface area contributed by atoms with Crippen LogP contribution in [0.2, 0.25) is 0 Å². The van der Waals surface area contributed by atoms with Gasteiger partial charge in [0.05, 0.1) is 0 Å². The lowest BCUT2D eigenvalue weighted by atomic mass is 10.0. The van der Waals surface area contributed by atoms with Gasteiger partial charge in [-0.1, -0.05) is 295 Å². The van der Waals surface area contributed by atoms with E-state index in [1.54, 1.807) is 0 Å². The summed E-state index contributed by atoms with van der Waals surface area (Å²) in [7, 11) is 0. The van der Waals surface area contributed by atoms with Crippen molar-refractivity contribution in [1.82, 2.24) is 0 Å². The highest BCUT2D eigenvalue weighted by Gasteiger charge is 2.19. The maximum atomic E-state index is 12.9. The fourth-order valence-corrected chi connectivity index (χ4v) is 9.14. The van der Waals surface area contributed by atoms with Gasteiger partial charge in [0.2, 0.25) is 0 Å². The molecule has 0 spiro atoms. The van der Waals surface area contributed by atoms with Crippen molar-refractivity contribution in [3.05, 3.63) is 24.3 Å². The molecule has 400 valence electrons. The van der Waals surface area contributed by atoms with Gasteiger partial charge in [0, 0.05) is 19.3 Å². The van der Waals surface area contributed by atoms with Crippen LogP contribution in [0.25, 0.3) is 0 Å². The second kappa shape index (κ2) is 57.5. The summed E-state index contributed by atoms with van der Waals surface area (Å²) < 4.78 is 16.9. The number of esters is 3. The summed E-state index contributed by atoms with van der Waals surface area (Å²) in [5.41, 5.74) is 0. The van der Waals surface area contributed by atoms with Gasteiger partial charge in [0.15, 0.2) is 6.10 Å². The Morgan fingerprint density at radius 3 is 0.809 bits per heavy atom. The van der Waals surface area contributed by atoms with Crippen molar-refractivity contribution in [2.24, 2.45) is 0 Å². The molecule has 0 rings (SSSR count). The first-order chi connectivity index (χ1) is 33.5. The minimum Gasteiger partial charge on any atom is -0.462 e. The SMILES string of the molecule is CCCCC/C=C\C=C/CCCCCCCCCCCCC(=O)OCC(COC(=O)CCCCCCCCCCCCCCC)OC(=O)CCCCCCCCCCCCCCCCCCCC. The fraction of sp³-hybridized carbons (Fsp3) is 0.887. The van der Waals surface area contributed by atoms with Gasteiger partial charge in [-0.15, -0.1) is 0 Å². The minimum absolute atomic E-state index is 0.0661. The van der Waals surface area contributed by atoms with Gasteiger partial charge < -0.3 is 14.2 Å². The first kappa shape index (κ1) is 65.9. The fourth-order valence-electron chi connectivity index (χ4n) is 9.14. The van der Waals surface area contributed by atoms with Crippen LogP contribution in [-0.4, -0.2) is 37.2 Å². The third-order valence-electron chi connectivity index (χ3n) is 13.7. The predicted molar refractivity (Wildman–Crippen MR) is 293 cm³/mol. The number of unbranched alkanes of at least 4 members (excludes halogenated alkanes) is 42. The minimum atomic E-state index is -0.767. The van der Waals surface area contributed by atoms with Gasteiger partial charge in [-0.05, 0) is 44.9 Å². The van der Waals surface area contributed by atoms with Crippen molar-refractivity contribution in [3.8, 4) is 0 Å². The standard InChI is InChI=1S/C62H116O6/c1-4-7-10-13-16-19-22-25-27-29-31-33-34-37-40-43-46-49-52-55-61(64)67-58-59(57-66-60(63)54-51-48-45-42-39-36-24-21-18-15-12-9-6-3)68-62(65)56-53-50-47-44-41-38-35-32-30-28-26-23-20-17-14-11-8-5-2/h16,19,22,25,59H,4-15,17-18,20-21,23-24,26-58H2,1-3H3/b19-16-,25-22-. The number of allylic oxidation sites excluding steroid dienone is 4. The van der Waals surface area contributed by atoms with E-state index in [9.17, 15) is 14.4 Å². The maximum Gasteiger partial charge on any atom is 0.306 e. The van der Waals surface area contributed by atoms with E-state index in [0.29, 0.717) is 19.3 Å². The Kier molecular flexibility index (Phi) is 55.7. The molecule has 0 aromatic carbocycles. The second-order valence-corrected chi connectivity index (χ2v) is 20.7. The van der Waals surface area contributed by atoms with E-state index < -0.39 is 6.10 Å². The van der Waals surface area contributed by atoms with Crippen LogP contribution in [0.15, 0.2) is 24.3 Å². The molecule has 0 aromatic heterocycles. The quantitative estimate of drug-likeness (QED) is 0.0262. The molecule has 0 aromatic rings. The molecule has 0 bridgehead atoms. The zero-order valence-electron chi connectivity index (χ0n) is 45.9. The summed E-state index contributed by atoms with van der Waals surface area (Å²) in [4.78, 5) is 38.2. The van der Waals surface area contributed by atoms with Gasteiger partial charge in [0.25, 0.3) is 0 Å². The van der Waals surface area contributed by atoms with Crippen molar-refractivity contribution in [2.45, 2.75) is 341 Å². The zero-order chi connectivity index (χ0) is 49.3. The highest BCUT2D eigenvalue weighted by Crippen LogP contribution is 2.17. The van der Waals surface area contributed by atoms with E-state index in [1.807, 2.05) is 0 Å². The molecule has 0 aliphatic carbocycles. The third kappa shape index (κ3) is 54.8. The van der Waals surface area contributed by atoms with Crippen LogP contribution in [-0.2, 0) is 28.6 Å². The molecule has 68 heavy (non-hydrogen) atoms. The Morgan fingerprint density at radius 2 is 0.515 bits per heavy atom. The normalized spacial score (nSPS) is 12.1. The summed E-state index contributed by atoms with van der Waals surface area (Å²) in [5, 5.41) is 0. The summed E-state index contributed by atoms with van der Waals surface area (Å²) >= 11 is 0. The van der Waals surface area contributed by atoms with E-state index in [0.717, 1.165) is 57.8 Å². The van der Waals surface area contributed by atoms with E-state index in [4.69, 9.17) is 14.2 Å². The van der Waals surface area contributed by atoms with Crippen molar-refractivity contribution in [2.75, 3.05) is 13.2 Å². The van der Waals surface area contributed by atoms with Crippen LogP contribution in [0.1, 0.15) is 335 Å². The van der Waals surface area contributed by atoms with Crippen LogP contribution in [0.4, 0.5) is 0 Å². The van der Waals surface area contributed by atoms with E-state index in [-0.39, 0.29) is 31.1 Å². The van der Waals surface area contributed by atoms with Crippen molar-refractivity contribution in [1.29, 1.82) is 0 Å². The molecule has 0 saturated heterocycles. The van der Waals surface area contributed by atoms with Gasteiger partial charge in [-0.25, -0.2) is 0 Å². The van der Waals surface area contributed by atoms with Crippen LogP contribution in [0.3, 0.4) is 0 Å². The van der Waals surface area contributed by atoms with Gasteiger partial charge >= 0.3 is 17.9 Å². The smallest absolute Gasteiger partial charge is 0.306 e. The molecule has 0 aliphatic rings. The summed E-state index contributed by atoms with van der Waals surface area (Å²) in [6, 6.07) is 0. The van der Waals surface area contributed by atoms with E-state index in [1.165, 1.54) is 238 Å². The molecule has 0 amide bonds. The van der Waals surface area contributed by atoms with Crippen molar-refractivity contribution in [3.63, 3.8) is 0 Å². The Labute approximate surface area is 423 Å². The molecule has 1 atom stereocenters. The molecule has 0 N–H and O–H groups in total. The molecule has 6 heteroatoms. The highest BCUT2D eigenvalue weighted by atomic mass is 16.6. The topological polar surface area (TPSA) is 78.9 Å². The molecular weight excluding hydrogens is 841 g/mol. The second-order valence-electron chi connectivity index (χ2n) is 20.7. The van der Waals surface area contributed by atoms with E-state index in [2.05, 4.69) is 45.1 Å². The Morgan fingerprint density at radius 1 is 0.294 bits per heavy atom. The summed E-state index contributed by atoms with van der Waals surface area (Å²) in [6.07, 6.45) is 67.4. The van der Waals surface area contributed by atoms with Gasteiger partial charge in [-0.3, -0.25) is 14.4 Å². The molecule has 1 unspecified atom stereocenters. The molecule has 0 heterocycles. The third-order valence-corrected chi connectivity index (χ3v) is 13.7. The zero-order valence-corrected chi connectivity index (χ0v) is 45.9. The Balaban J connectivity index is 4.30. The molecular formula is C62H116O6. The van der Waals surface area contributed by atoms with E-state index >= 15 is 0 Å². The number of carbonyl (C=O) groups is 3. The average molecular weight is 958 g/mol. The molecule has 0 saturated carbocycles. The van der Waals surface area contributed by atoms with Gasteiger partial charge in [-0.2, -0.15) is 0 Å². The first-order valence-electron chi connectivity index (χ1n) is 30.4. The summed E-state index contributed by atoms with van der Waals surface area (Å²) in [5.74, 6) is -0.845. The van der Waals surface area contributed by atoms with Crippen LogP contribution in [0.5, 0.6) is 0 Å². The lowest BCUT2D eigenvalue weighted by Gasteiger charge is -2.18. The Hall–Kier alpha value is -2.11. The highest BCUT2D eigenvalue weighted by molar-refractivity contribution is 5.71. The van der Waals surface area contributed by atoms with Crippen molar-refractivity contribution < 1.29 is 28.6 Å². The number of hydrogen-bond acceptors (Lipinski definition) is 6. The van der Waals surface area contributed by atoms with Crippen LogP contribution >= 0.6 is 0 Å². The lowest BCUT2D eigenvalue weighted by molar-refractivity contribution is -0.167. The molecule has 0 fully saturated rings. The largest absolute Gasteiger partial charge is 0.462 e. The van der Waals surface area contributed by atoms with Crippen molar-refractivity contribution >= 4 is 17.9 Å². The number of rotatable bonds is 56. The van der Waals surface area contributed by atoms with Crippen LogP contribution < -0.4 is 0 Å². The molecule has 6 nitrogen and oxygen atoms in total. The number of hydrogen-bond donors (Lipinski definition) is 0. The average Bonchev–Trinajstić information content (AvgIpc) is 3.34. The summed E-state index contributed by atoms with van der Waals surface area (Å²) in [6.45, 7) is 6.67. The maximum absolute atomic E-state index is 12.9. The number of carbonyl (C=O) groups excluding carboxylic acids is 3.